The number of fused-ring (bicyclic) bond motifs is 1. The van der Waals surface area contributed by atoms with Gasteiger partial charge in [0.05, 0.1) is 25.2 Å². The number of ether oxygens (including phenoxy) is 1. The highest BCUT2D eigenvalue weighted by Crippen LogP contribution is 2.31. The van der Waals surface area contributed by atoms with E-state index in [0.717, 1.165) is 48.0 Å². The Balaban J connectivity index is 1.43. The molecule has 0 radical (unpaired) electrons. The zero-order valence-electron chi connectivity index (χ0n) is 18.5. The van der Waals surface area contributed by atoms with Crippen molar-refractivity contribution in [3.63, 3.8) is 0 Å². The number of methoxy groups -OCH3 is 1. The Morgan fingerprint density at radius 3 is 2.81 bits per heavy atom. The summed E-state index contributed by atoms with van der Waals surface area (Å²) < 4.78 is 5.24. The third kappa shape index (κ3) is 4.16. The Bertz CT molecular complexity index is 1130. The molecule has 2 aliphatic rings. The van der Waals surface area contributed by atoms with Crippen LogP contribution < -0.4 is 15.4 Å². The molecule has 0 spiro atoms. The molecule has 7 nitrogen and oxygen atoms in total. The quantitative estimate of drug-likeness (QED) is 0.610. The van der Waals surface area contributed by atoms with Crippen LogP contribution in [-0.2, 0) is 6.54 Å². The molecule has 0 saturated carbocycles. The second-order valence-corrected chi connectivity index (χ2v) is 8.21. The summed E-state index contributed by atoms with van der Waals surface area (Å²) in [7, 11) is 1.59. The summed E-state index contributed by atoms with van der Waals surface area (Å²) in [6.07, 6.45) is 8.56. The second kappa shape index (κ2) is 8.96. The molecule has 5 rings (SSSR count). The summed E-state index contributed by atoms with van der Waals surface area (Å²) in [6.45, 7) is 6.43. The smallest absolute Gasteiger partial charge is 0.232 e. The number of aromatic nitrogens is 3. The van der Waals surface area contributed by atoms with Gasteiger partial charge >= 0.3 is 0 Å². The van der Waals surface area contributed by atoms with E-state index in [1.54, 1.807) is 19.5 Å². The van der Waals surface area contributed by atoms with Gasteiger partial charge in [0.1, 0.15) is 11.5 Å². The highest BCUT2D eigenvalue weighted by atomic mass is 16.5. The number of rotatable bonds is 6. The molecule has 7 heteroatoms. The van der Waals surface area contributed by atoms with Crippen molar-refractivity contribution in [1.82, 2.24) is 25.2 Å². The topological polar surface area (TPSA) is 75.2 Å². The molecule has 3 aromatic rings. The van der Waals surface area contributed by atoms with E-state index >= 15 is 0 Å². The van der Waals surface area contributed by atoms with Gasteiger partial charge in [-0.2, -0.15) is 0 Å². The lowest BCUT2D eigenvalue weighted by atomic mass is 9.98. The number of hydrogen-bond acceptors (Lipinski definition) is 7. The lowest BCUT2D eigenvalue weighted by Crippen LogP contribution is -2.19. The van der Waals surface area contributed by atoms with Crippen molar-refractivity contribution in [2.45, 2.75) is 25.8 Å². The van der Waals surface area contributed by atoms with Crippen molar-refractivity contribution < 1.29 is 4.74 Å². The number of nitrogens with zero attached hydrogens (tertiary/aromatic N) is 4. The zero-order chi connectivity index (χ0) is 21.9. The molecule has 32 heavy (non-hydrogen) atoms. The Labute approximate surface area is 188 Å². The van der Waals surface area contributed by atoms with E-state index in [4.69, 9.17) is 9.72 Å². The Morgan fingerprint density at radius 2 is 2.03 bits per heavy atom. The maximum atomic E-state index is 5.24. The van der Waals surface area contributed by atoms with Gasteiger partial charge in [-0.05, 0) is 67.0 Å². The lowest BCUT2D eigenvalue weighted by Gasteiger charge is -2.19. The fourth-order valence-corrected chi connectivity index (χ4v) is 4.41. The van der Waals surface area contributed by atoms with Crippen molar-refractivity contribution >= 4 is 17.6 Å². The van der Waals surface area contributed by atoms with Crippen LogP contribution in [-0.4, -0.2) is 46.6 Å². The third-order valence-corrected chi connectivity index (χ3v) is 6.27. The zero-order valence-corrected chi connectivity index (χ0v) is 18.5. The monoisotopic (exact) mass is 428 g/mol. The lowest BCUT2D eigenvalue weighted by molar-refractivity contribution is 0.354. The maximum absolute atomic E-state index is 5.24. The second-order valence-electron chi connectivity index (χ2n) is 8.21. The van der Waals surface area contributed by atoms with Gasteiger partial charge < -0.3 is 20.3 Å². The van der Waals surface area contributed by atoms with Gasteiger partial charge in [0, 0.05) is 24.3 Å². The van der Waals surface area contributed by atoms with Crippen molar-refractivity contribution in [2.75, 3.05) is 32.1 Å². The van der Waals surface area contributed by atoms with E-state index in [-0.39, 0.29) is 0 Å². The van der Waals surface area contributed by atoms with Gasteiger partial charge in [0.25, 0.3) is 0 Å². The van der Waals surface area contributed by atoms with Crippen LogP contribution in [0.1, 0.15) is 36.0 Å². The third-order valence-electron chi connectivity index (χ3n) is 6.27. The average Bonchev–Trinajstić information content (AvgIpc) is 3.34. The van der Waals surface area contributed by atoms with Gasteiger partial charge in [0.2, 0.25) is 5.88 Å². The molecule has 1 fully saturated rings. The van der Waals surface area contributed by atoms with E-state index in [2.05, 4.69) is 62.8 Å². The summed E-state index contributed by atoms with van der Waals surface area (Å²) in [5.41, 5.74) is 6.11. The Morgan fingerprint density at radius 1 is 1.16 bits per heavy atom. The van der Waals surface area contributed by atoms with E-state index in [1.165, 1.54) is 18.5 Å². The SMILES string of the molecule is CCN1CCC(c2ccc(Nc3nc(-c4cncc(OC)n4)cc4c3CNC=C4)cc2)C1. The van der Waals surface area contributed by atoms with Crippen molar-refractivity contribution in [3.8, 4) is 17.3 Å². The van der Waals surface area contributed by atoms with Crippen LogP contribution in [0.5, 0.6) is 5.88 Å². The number of nitrogens with one attached hydrogen (secondary N) is 2. The molecule has 2 aromatic heterocycles. The molecule has 1 aromatic carbocycles. The van der Waals surface area contributed by atoms with Gasteiger partial charge in [0.15, 0.2) is 0 Å². The van der Waals surface area contributed by atoms with Gasteiger partial charge in [-0.1, -0.05) is 19.1 Å². The van der Waals surface area contributed by atoms with Crippen molar-refractivity contribution in [3.05, 3.63) is 65.6 Å². The first-order valence-electron chi connectivity index (χ1n) is 11.1. The molecule has 0 amide bonds. The first-order chi connectivity index (χ1) is 15.7. The predicted molar refractivity (Wildman–Crippen MR) is 127 cm³/mol. The molecular formula is C25H28N6O. The van der Waals surface area contributed by atoms with Crippen molar-refractivity contribution in [2.24, 2.45) is 0 Å². The number of hydrogen-bond donors (Lipinski definition) is 2. The summed E-state index contributed by atoms with van der Waals surface area (Å²) in [5.74, 6) is 1.92. The number of anilines is 2. The molecule has 164 valence electrons. The van der Waals surface area contributed by atoms with Crippen LogP contribution >= 0.6 is 0 Å². The number of pyridine rings is 1. The summed E-state index contributed by atoms with van der Waals surface area (Å²) in [4.78, 5) is 16.2. The molecule has 4 heterocycles. The molecule has 1 atom stereocenters. The Kier molecular flexibility index (Phi) is 5.73. The molecule has 2 N–H and O–H groups in total. The summed E-state index contributed by atoms with van der Waals surface area (Å²) in [6, 6.07) is 10.8. The van der Waals surface area contributed by atoms with E-state index in [0.29, 0.717) is 17.5 Å². The molecule has 2 aliphatic heterocycles. The number of likely N-dealkylation sites (tertiary alicyclic amines) is 1. The van der Waals surface area contributed by atoms with Gasteiger partial charge in [-0.25, -0.2) is 9.97 Å². The fourth-order valence-electron chi connectivity index (χ4n) is 4.41. The van der Waals surface area contributed by atoms with E-state index < -0.39 is 0 Å². The molecule has 1 saturated heterocycles. The summed E-state index contributed by atoms with van der Waals surface area (Å²) in [5, 5.41) is 6.82. The van der Waals surface area contributed by atoms with Crippen LogP contribution in [0.2, 0.25) is 0 Å². The number of likely N-dealkylation sites (N-methyl/N-ethyl adjacent to an activating group) is 1. The molecular weight excluding hydrogens is 400 g/mol. The minimum absolute atomic E-state index is 0.470. The van der Waals surface area contributed by atoms with Gasteiger partial charge in [-0.15, -0.1) is 0 Å². The largest absolute Gasteiger partial charge is 0.480 e. The van der Waals surface area contributed by atoms with Crippen LogP contribution in [0.3, 0.4) is 0 Å². The van der Waals surface area contributed by atoms with Gasteiger partial charge in [-0.3, -0.25) is 4.98 Å². The fraction of sp³-hybridized carbons (Fsp3) is 0.320. The average molecular weight is 429 g/mol. The normalized spacial score (nSPS) is 17.6. The molecule has 0 bridgehead atoms. The first-order valence-corrected chi connectivity index (χ1v) is 11.1. The van der Waals surface area contributed by atoms with Crippen LogP contribution in [0, 0.1) is 0 Å². The minimum Gasteiger partial charge on any atom is -0.480 e. The van der Waals surface area contributed by atoms with Crippen molar-refractivity contribution in [1.29, 1.82) is 0 Å². The van der Waals surface area contributed by atoms with Crippen LogP contribution in [0.4, 0.5) is 11.5 Å². The maximum Gasteiger partial charge on any atom is 0.232 e. The standard InChI is InChI=1S/C25H28N6O/c1-3-31-11-9-19(16-31)17-4-6-20(7-5-17)28-25-21-13-26-10-8-18(21)12-22(30-25)23-14-27-15-24(29-23)32-2/h4-8,10,12,14-15,19,26H,3,9,11,13,16H2,1-2H3,(H,28,30). The first kappa shape index (κ1) is 20.5. The minimum atomic E-state index is 0.470. The number of benzene rings is 1. The Hall–Kier alpha value is -3.45. The van der Waals surface area contributed by atoms with Crippen LogP contribution in [0.15, 0.2) is 48.9 Å². The molecule has 1 unspecified atom stereocenters. The van der Waals surface area contributed by atoms with Crippen LogP contribution in [0.25, 0.3) is 17.5 Å². The van der Waals surface area contributed by atoms with E-state index in [1.807, 2.05) is 12.3 Å². The highest BCUT2D eigenvalue weighted by molar-refractivity contribution is 5.73. The molecule has 0 aliphatic carbocycles. The summed E-state index contributed by atoms with van der Waals surface area (Å²) >= 11 is 0. The predicted octanol–water partition coefficient (Wildman–Crippen LogP) is 4.17. The van der Waals surface area contributed by atoms with E-state index in [9.17, 15) is 0 Å². The highest BCUT2D eigenvalue weighted by Gasteiger charge is 2.22.